The van der Waals surface area contributed by atoms with Gasteiger partial charge in [-0.3, -0.25) is 0 Å². The van der Waals surface area contributed by atoms with E-state index in [-0.39, 0.29) is 5.56 Å². The molecule has 0 fully saturated rings. The largest absolute Gasteiger partial charge is 0.320 e. The first-order valence-corrected chi connectivity index (χ1v) is 6.62. The van der Waals surface area contributed by atoms with Crippen molar-refractivity contribution in [2.24, 2.45) is 5.73 Å². The van der Waals surface area contributed by atoms with Gasteiger partial charge in [0.05, 0.1) is 9.83 Å². The number of nitrogens with two attached hydrogens (primary N) is 1. The maximum Gasteiger partial charge on any atom is 0.134 e. The molecule has 2 rings (SSSR count). The van der Waals surface area contributed by atoms with Crippen LogP contribution in [0.2, 0.25) is 0 Å². The quantitative estimate of drug-likeness (QED) is 0.884. The molecule has 0 bridgehead atoms. The molecule has 0 aliphatic heterocycles. The van der Waals surface area contributed by atoms with E-state index in [1.54, 1.807) is 18.4 Å². The van der Waals surface area contributed by atoms with Crippen LogP contribution >= 0.6 is 27.3 Å². The molecular formula is C12H10BrF2NS. The highest BCUT2D eigenvalue weighted by molar-refractivity contribution is 9.11. The van der Waals surface area contributed by atoms with Gasteiger partial charge in [-0.2, -0.15) is 0 Å². The van der Waals surface area contributed by atoms with Crippen molar-refractivity contribution in [3.63, 3.8) is 0 Å². The van der Waals surface area contributed by atoms with Crippen LogP contribution in [0.15, 0.2) is 27.4 Å². The smallest absolute Gasteiger partial charge is 0.134 e. The van der Waals surface area contributed by atoms with Crippen LogP contribution in [0.5, 0.6) is 0 Å². The molecule has 1 nitrogen and oxygen atoms in total. The van der Waals surface area contributed by atoms with Gasteiger partial charge in [0, 0.05) is 5.56 Å². The van der Waals surface area contributed by atoms with Crippen molar-refractivity contribution in [3.8, 4) is 0 Å². The van der Waals surface area contributed by atoms with Crippen LogP contribution in [0.25, 0.3) is 0 Å². The molecule has 1 aromatic carbocycles. The molecule has 90 valence electrons. The molecule has 2 N–H and O–H groups in total. The fourth-order valence-electron chi connectivity index (χ4n) is 1.62. The topological polar surface area (TPSA) is 26.0 Å². The Balaban J connectivity index is 2.50. The summed E-state index contributed by atoms with van der Waals surface area (Å²) in [7, 11) is 0. The Morgan fingerprint density at radius 3 is 2.65 bits per heavy atom. The van der Waals surface area contributed by atoms with Crippen LogP contribution < -0.4 is 5.73 Å². The number of aryl methyl sites for hydroxylation is 1. The molecule has 17 heavy (non-hydrogen) atoms. The molecule has 0 saturated heterocycles. The zero-order valence-electron chi connectivity index (χ0n) is 9.01. The second-order valence-electron chi connectivity index (χ2n) is 3.75. The number of thiophene rings is 1. The Labute approximate surface area is 110 Å². The summed E-state index contributed by atoms with van der Waals surface area (Å²) in [6, 6.07) is 3.65. The van der Waals surface area contributed by atoms with Gasteiger partial charge in [0.2, 0.25) is 0 Å². The van der Waals surface area contributed by atoms with Gasteiger partial charge in [-0.25, -0.2) is 8.78 Å². The molecule has 1 unspecified atom stereocenters. The second kappa shape index (κ2) is 4.84. The summed E-state index contributed by atoms with van der Waals surface area (Å²) >= 11 is 4.74. The maximum absolute atomic E-state index is 13.9. The van der Waals surface area contributed by atoms with Crippen molar-refractivity contribution in [2.45, 2.75) is 13.0 Å². The summed E-state index contributed by atoms with van der Waals surface area (Å²) < 4.78 is 28.4. The van der Waals surface area contributed by atoms with Crippen LogP contribution in [0.4, 0.5) is 8.78 Å². The lowest BCUT2D eigenvalue weighted by molar-refractivity contribution is 0.538. The molecule has 0 radical (unpaired) electrons. The van der Waals surface area contributed by atoms with Gasteiger partial charge < -0.3 is 5.73 Å². The first kappa shape index (κ1) is 12.7. The molecule has 1 heterocycles. The minimum Gasteiger partial charge on any atom is -0.320 e. The predicted octanol–water partition coefficient (Wildman–Crippen LogP) is 4.15. The maximum atomic E-state index is 13.9. The molecule has 0 aliphatic carbocycles. The van der Waals surface area contributed by atoms with E-state index in [1.807, 2.05) is 0 Å². The Kier molecular flexibility index (Phi) is 3.61. The molecule has 0 saturated carbocycles. The predicted molar refractivity (Wildman–Crippen MR) is 69.1 cm³/mol. The summed E-state index contributed by atoms with van der Waals surface area (Å²) in [4.78, 5) is 0. The minimum absolute atomic E-state index is 0.0738. The highest BCUT2D eigenvalue weighted by atomic mass is 79.9. The van der Waals surface area contributed by atoms with Crippen molar-refractivity contribution in [1.29, 1.82) is 0 Å². The molecule has 1 aromatic heterocycles. The van der Waals surface area contributed by atoms with Crippen LogP contribution in [0, 0.1) is 18.6 Å². The Morgan fingerprint density at radius 2 is 2.06 bits per heavy atom. The molecule has 5 heteroatoms. The van der Waals surface area contributed by atoms with Crippen LogP contribution in [-0.2, 0) is 0 Å². The van der Waals surface area contributed by atoms with E-state index in [9.17, 15) is 8.78 Å². The summed E-state index contributed by atoms with van der Waals surface area (Å²) in [6.07, 6.45) is 0. The van der Waals surface area contributed by atoms with Gasteiger partial charge in [0.25, 0.3) is 0 Å². The zero-order valence-corrected chi connectivity index (χ0v) is 11.4. The number of rotatable bonds is 2. The third-order valence-corrected chi connectivity index (χ3v) is 4.10. The third-order valence-electron chi connectivity index (χ3n) is 2.58. The summed E-state index contributed by atoms with van der Waals surface area (Å²) in [5.74, 6) is -1.18. The number of hydrogen-bond acceptors (Lipinski definition) is 2. The molecule has 0 spiro atoms. The standard InChI is InChI=1S/C12H10BrF2NS/c1-6-2-3-8(14)10(11(6)15)12(16)7-4-9(13)17-5-7/h2-5,12H,16H2,1H3. The molecular weight excluding hydrogens is 308 g/mol. The molecule has 0 aliphatic rings. The van der Waals surface area contributed by atoms with Gasteiger partial charge in [-0.05, 0) is 51.5 Å². The van der Waals surface area contributed by atoms with E-state index >= 15 is 0 Å². The first-order chi connectivity index (χ1) is 8.00. The second-order valence-corrected chi connectivity index (χ2v) is 6.04. The van der Waals surface area contributed by atoms with Gasteiger partial charge in [0.1, 0.15) is 11.6 Å². The summed E-state index contributed by atoms with van der Waals surface area (Å²) in [5.41, 5.74) is 6.93. The Morgan fingerprint density at radius 1 is 1.35 bits per heavy atom. The van der Waals surface area contributed by atoms with Crippen LogP contribution in [-0.4, -0.2) is 0 Å². The number of hydrogen-bond donors (Lipinski definition) is 1. The lowest BCUT2D eigenvalue weighted by Crippen LogP contribution is -2.15. The van der Waals surface area contributed by atoms with Gasteiger partial charge >= 0.3 is 0 Å². The summed E-state index contributed by atoms with van der Waals surface area (Å²) in [6.45, 7) is 1.59. The van der Waals surface area contributed by atoms with E-state index < -0.39 is 17.7 Å². The van der Waals surface area contributed by atoms with E-state index in [0.29, 0.717) is 11.1 Å². The third kappa shape index (κ3) is 2.41. The minimum atomic E-state index is -0.780. The van der Waals surface area contributed by atoms with Crippen molar-refractivity contribution in [1.82, 2.24) is 0 Å². The van der Waals surface area contributed by atoms with Crippen LogP contribution in [0.1, 0.15) is 22.7 Å². The van der Waals surface area contributed by atoms with Gasteiger partial charge in [-0.1, -0.05) is 6.07 Å². The van der Waals surface area contributed by atoms with Crippen molar-refractivity contribution >= 4 is 27.3 Å². The van der Waals surface area contributed by atoms with E-state index in [0.717, 1.165) is 3.79 Å². The lowest BCUT2D eigenvalue weighted by Gasteiger charge is -2.14. The van der Waals surface area contributed by atoms with Gasteiger partial charge in [-0.15, -0.1) is 11.3 Å². The Bertz CT molecular complexity index is 553. The molecule has 2 aromatic rings. The normalized spacial score (nSPS) is 12.8. The fraction of sp³-hybridized carbons (Fsp3) is 0.167. The Hall–Kier alpha value is -0.780. The van der Waals surface area contributed by atoms with Crippen molar-refractivity contribution in [3.05, 3.63) is 55.7 Å². The van der Waals surface area contributed by atoms with E-state index in [2.05, 4.69) is 15.9 Å². The number of benzene rings is 1. The van der Waals surface area contributed by atoms with Gasteiger partial charge in [0.15, 0.2) is 0 Å². The lowest BCUT2D eigenvalue weighted by atomic mass is 9.99. The zero-order chi connectivity index (χ0) is 12.6. The fourth-order valence-corrected chi connectivity index (χ4v) is 2.83. The first-order valence-electron chi connectivity index (χ1n) is 4.94. The van der Waals surface area contributed by atoms with E-state index in [1.165, 1.54) is 23.5 Å². The van der Waals surface area contributed by atoms with Crippen molar-refractivity contribution in [2.75, 3.05) is 0 Å². The molecule has 1 atom stereocenters. The highest BCUT2D eigenvalue weighted by Crippen LogP contribution is 2.31. The highest BCUT2D eigenvalue weighted by Gasteiger charge is 2.20. The average molecular weight is 318 g/mol. The summed E-state index contributed by atoms with van der Waals surface area (Å²) in [5, 5.41) is 1.79. The monoisotopic (exact) mass is 317 g/mol. The SMILES string of the molecule is Cc1ccc(F)c(C(N)c2csc(Br)c2)c1F. The van der Waals surface area contributed by atoms with E-state index in [4.69, 9.17) is 5.73 Å². The van der Waals surface area contributed by atoms with Crippen molar-refractivity contribution < 1.29 is 8.78 Å². The molecule has 0 amide bonds. The van der Waals surface area contributed by atoms with Crippen LogP contribution in [0.3, 0.4) is 0 Å². The average Bonchev–Trinajstić information content (AvgIpc) is 2.71. The number of halogens is 3.